The summed E-state index contributed by atoms with van der Waals surface area (Å²) in [5.74, 6) is 0.527. The summed E-state index contributed by atoms with van der Waals surface area (Å²) in [4.78, 5) is 10.9. The highest BCUT2D eigenvalue weighted by Gasteiger charge is 2.10. The summed E-state index contributed by atoms with van der Waals surface area (Å²) in [6.45, 7) is 1.73. The molecule has 0 spiro atoms. The molecule has 0 aromatic heterocycles. The van der Waals surface area contributed by atoms with Crippen molar-refractivity contribution < 1.29 is 9.53 Å². The number of ether oxygens (including phenoxy) is 1. The zero-order chi connectivity index (χ0) is 10.0. The van der Waals surface area contributed by atoms with Crippen LogP contribution in [-0.4, -0.2) is 12.4 Å². The van der Waals surface area contributed by atoms with Gasteiger partial charge in [-0.2, -0.15) is 0 Å². The molecular formula is C9H8Cl2O2. The van der Waals surface area contributed by atoms with Gasteiger partial charge in [0.1, 0.15) is 5.75 Å². The average Bonchev–Trinajstić information content (AvgIpc) is 2.09. The molecule has 0 aliphatic carbocycles. The lowest BCUT2D eigenvalue weighted by Gasteiger charge is -2.06. The summed E-state index contributed by atoms with van der Waals surface area (Å²) in [6.07, 6.45) is 0. The van der Waals surface area contributed by atoms with Crippen LogP contribution in [0.3, 0.4) is 0 Å². The number of benzene rings is 1. The second kappa shape index (κ2) is 3.99. The molecule has 0 N–H and O–H groups in total. The molecular weight excluding hydrogens is 211 g/mol. The van der Waals surface area contributed by atoms with E-state index in [2.05, 4.69) is 0 Å². The Labute approximate surface area is 86.4 Å². The van der Waals surface area contributed by atoms with Crippen molar-refractivity contribution in [2.45, 2.75) is 6.92 Å². The van der Waals surface area contributed by atoms with Crippen molar-refractivity contribution in [1.82, 2.24) is 0 Å². The summed E-state index contributed by atoms with van der Waals surface area (Å²) >= 11 is 11.2. The molecule has 1 rings (SSSR count). The molecule has 70 valence electrons. The number of halogens is 2. The normalized spacial score (nSPS) is 9.85. The van der Waals surface area contributed by atoms with E-state index in [1.807, 2.05) is 0 Å². The van der Waals surface area contributed by atoms with E-state index >= 15 is 0 Å². The summed E-state index contributed by atoms with van der Waals surface area (Å²) in [5.41, 5.74) is 1.05. The second-order valence-corrected chi connectivity index (χ2v) is 3.31. The fourth-order valence-corrected chi connectivity index (χ4v) is 1.38. The van der Waals surface area contributed by atoms with Crippen molar-refractivity contribution in [3.8, 4) is 5.75 Å². The van der Waals surface area contributed by atoms with Crippen LogP contribution in [0.15, 0.2) is 12.1 Å². The van der Waals surface area contributed by atoms with Crippen LogP contribution >= 0.6 is 23.2 Å². The first-order valence-electron chi connectivity index (χ1n) is 3.60. The molecule has 1 aromatic rings. The summed E-state index contributed by atoms with van der Waals surface area (Å²) in [5, 5.41) is -0.0540. The first-order valence-corrected chi connectivity index (χ1v) is 4.36. The zero-order valence-electron chi connectivity index (χ0n) is 7.23. The number of hydrogen-bond donors (Lipinski definition) is 0. The van der Waals surface area contributed by atoms with E-state index in [0.717, 1.165) is 0 Å². The Morgan fingerprint density at radius 1 is 1.46 bits per heavy atom. The number of carbonyl (C=O) groups excluding carboxylic acids is 1. The molecule has 2 nitrogen and oxygen atoms in total. The highest BCUT2D eigenvalue weighted by Crippen LogP contribution is 2.26. The standard InChI is InChI=1S/C9H8Cl2O2/c1-5-7(9(11)12)3-6(13-2)4-8(5)10/h3-4H,1-2H3. The smallest absolute Gasteiger partial charge is 0.252 e. The van der Waals surface area contributed by atoms with Crippen LogP contribution in [0.5, 0.6) is 5.75 Å². The maximum absolute atomic E-state index is 10.9. The van der Waals surface area contributed by atoms with Crippen molar-refractivity contribution in [1.29, 1.82) is 0 Å². The van der Waals surface area contributed by atoms with E-state index in [4.69, 9.17) is 27.9 Å². The molecule has 0 amide bonds. The van der Waals surface area contributed by atoms with E-state index in [1.165, 1.54) is 7.11 Å². The number of carbonyl (C=O) groups is 1. The zero-order valence-corrected chi connectivity index (χ0v) is 8.74. The third-order valence-corrected chi connectivity index (χ3v) is 2.36. The van der Waals surface area contributed by atoms with Crippen molar-refractivity contribution in [2.24, 2.45) is 0 Å². The van der Waals surface area contributed by atoms with Crippen LogP contribution in [0, 0.1) is 6.92 Å². The monoisotopic (exact) mass is 218 g/mol. The highest BCUT2D eigenvalue weighted by molar-refractivity contribution is 6.68. The molecule has 0 atom stereocenters. The number of methoxy groups -OCH3 is 1. The van der Waals surface area contributed by atoms with E-state index < -0.39 is 5.24 Å². The SMILES string of the molecule is COc1cc(Cl)c(C)c(C(=O)Cl)c1. The molecule has 0 aliphatic heterocycles. The quantitative estimate of drug-likeness (QED) is 0.714. The summed E-state index contributed by atoms with van der Waals surface area (Å²) in [6, 6.07) is 3.21. The van der Waals surface area contributed by atoms with Crippen molar-refractivity contribution in [3.05, 3.63) is 28.3 Å². The molecule has 4 heteroatoms. The average molecular weight is 219 g/mol. The second-order valence-electron chi connectivity index (χ2n) is 2.56. The van der Waals surface area contributed by atoms with Crippen molar-refractivity contribution in [2.75, 3.05) is 7.11 Å². The van der Waals surface area contributed by atoms with E-state index in [1.54, 1.807) is 19.1 Å². The van der Waals surface area contributed by atoms with Gasteiger partial charge in [-0.15, -0.1) is 0 Å². The van der Waals surface area contributed by atoms with Gasteiger partial charge in [0.25, 0.3) is 5.24 Å². The minimum atomic E-state index is -0.529. The lowest BCUT2D eigenvalue weighted by atomic mass is 10.1. The minimum Gasteiger partial charge on any atom is -0.497 e. The van der Waals surface area contributed by atoms with Crippen molar-refractivity contribution >= 4 is 28.4 Å². The lowest BCUT2D eigenvalue weighted by molar-refractivity contribution is 0.108. The molecule has 13 heavy (non-hydrogen) atoms. The van der Waals surface area contributed by atoms with Gasteiger partial charge in [0, 0.05) is 10.6 Å². The highest BCUT2D eigenvalue weighted by atomic mass is 35.5. The van der Waals surface area contributed by atoms with Crippen LogP contribution in [0.1, 0.15) is 15.9 Å². The van der Waals surface area contributed by atoms with Gasteiger partial charge in [-0.1, -0.05) is 11.6 Å². The maximum Gasteiger partial charge on any atom is 0.252 e. The van der Waals surface area contributed by atoms with Crippen LogP contribution in [0.2, 0.25) is 5.02 Å². The Balaban J connectivity index is 3.33. The van der Waals surface area contributed by atoms with Gasteiger partial charge in [0.15, 0.2) is 0 Å². The Hall–Kier alpha value is -0.730. The predicted molar refractivity (Wildman–Crippen MR) is 52.9 cm³/mol. The molecule has 0 saturated heterocycles. The third-order valence-electron chi connectivity index (χ3n) is 1.77. The molecule has 0 aliphatic rings. The molecule has 1 aromatic carbocycles. The number of hydrogen-bond acceptors (Lipinski definition) is 2. The molecule has 0 bridgehead atoms. The molecule has 0 unspecified atom stereocenters. The minimum absolute atomic E-state index is 0.381. The Morgan fingerprint density at radius 2 is 2.08 bits per heavy atom. The van der Waals surface area contributed by atoms with Crippen LogP contribution in [0.25, 0.3) is 0 Å². The first kappa shape index (κ1) is 10.4. The lowest BCUT2D eigenvalue weighted by Crippen LogP contribution is -1.95. The first-order chi connectivity index (χ1) is 6.06. The third kappa shape index (κ3) is 2.14. The van der Waals surface area contributed by atoms with Gasteiger partial charge in [0.2, 0.25) is 0 Å². The fraction of sp³-hybridized carbons (Fsp3) is 0.222. The van der Waals surface area contributed by atoms with E-state index in [-0.39, 0.29) is 0 Å². The molecule has 0 fully saturated rings. The van der Waals surface area contributed by atoms with Crippen molar-refractivity contribution in [3.63, 3.8) is 0 Å². The largest absolute Gasteiger partial charge is 0.497 e. The molecule has 0 heterocycles. The fourth-order valence-electron chi connectivity index (χ4n) is 0.976. The van der Waals surface area contributed by atoms with E-state index in [9.17, 15) is 4.79 Å². The van der Waals surface area contributed by atoms with E-state index in [0.29, 0.717) is 21.9 Å². The predicted octanol–water partition coefficient (Wildman–Crippen LogP) is 3.04. The van der Waals surface area contributed by atoms with Gasteiger partial charge < -0.3 is 4.74 Å². The van der Waals surface area contributed by atoms with Crippen LogP contribution < -0.4 is 4.74 Å². The topological polar surface area (TPSA) is 26.3 Å². The van der Waals surface area contributed by atoms with Gasteiger partial charge in [-0.05, 0) is 36.2 Å². The Kier molecular flexibility index (Phi) is 3.17. The van der Waals surface area contributed by atoms with Gasteiger partial charge in [0.05, 0.1) is 7.11 Å². The maximum atomic E-state index is 10.9. The van der Waals surface area contributed by atoms with Crippen LogP contribution in [-0.2, 0) is 0 Å². The molecule has 0 radical (unpaired) electrons. The van der Waals surface area contributed by atoms with Gasteiger partial charge >= 0.3 is 0 Å². The Bertz CT molecular complexity index is 348. The van der Waals surface area contributed by atoms with Crippen LogP contribution in [0.4, 0.5) is 0 Å². The number of rotatable bonds is 2. The van der Waals surface area contributed by atoms with Gasteiger partial charge in [-0.25, -0.2) is 0 Å². The Morgan fingerprint density at radius 3 is 2.54 bits per heavy atom. The van der Waals surface area contributed by atoms with Gasteiger partial charge in [-0.3, -0.25) is 4.79 Å². The summed E-state index contributed by atoms with van der Waals surface area (Å²) < 4.78 is 4.95. The molecule has 0 saturated carbocycles. The summed E-state index contributed by atoms with van der Waals surface area (Å²) in [7, 11) is 1.50.